The third-order valence-electron chi connectivity index (χ3n) is 4.75. The molecule has 3 N–H and O–H groups in total. The Labute approximate surface area is 181 Å². The normalized spacial score (nSPS) is 14.8. The van der Waals surface area contributed by atoms with E-state index < -0.39 is 11.9 Å². The Kier molecular flexibility index (Phi) is 4.86. The minimum absolute atomic E-state index is 0.0229. The van der Waals surface area contributed by atoms with Crippen LogP contribution in [0.3, 0.4) is 0 Å². The maximum atomic E-state index is 14.4. The molecule has 0 radical (unpaired) electrons. The summed E-state index contributed by atoms with van der Waals surface area (Å²) in [5, 5.41) is 8.72. The molecule has 0 saturated carbocycles. The predicted octanol–water partition coefficient (Wildman–Crippen LogP) is 4.48. The zero-order chi connectivity index (χ0) is 22.1. The molecule has 0 fully saturated rings. The van der Waals surface area contributed by atoms with Crippen LogP contribution < -0.4 is 20.7 Å². The quantitative estimate of drug-likeness (QED) is 0.423. The number of hydrogen-bond donors (Lipinski definition) is 3. The van der Waals surface area contributed by atoms with E-state index in [9.17, 15) is 9.18 Å². The lowest BCUT2D eigenvalue weighted by molar-refractivity contribution is -0.122. The average molecular weight is 432 g/mol. The molecule has 1 unspecified atom stereocenters. The highest BCUT2D eigenvalue weighted by Gasteiger charge is 2.23. The molecule has 9 nitrogen and oxygen atoms in total. The number of ether oxygens (including phenoxy) is 1. The summed E-state index contributed by atoms with van der Waals surface area (Å²) in [5.74, 6) is 0.463. The third kappa shape index (κ3) is 3.93. The SMILES string of the molecule is CC1Oc2ccc(Nc3nc(Nc4cccc(-c5cnco5)c4)ncc3F)cc2NC1=O. The number of carbonyl (C=O) groups excluding carboxylic acids is 1. The molecule has 1 atom stereocenters. The van der Waals surface area contributed by atoms with Gasteiger partial charge in [0.15, 0.2) is 29.9 Å². The number of amides is 1. The van der Waals surface area contributed by atoms with Crippen molar-refractivity contribution >= 4 is 34.7 Å². The highest BCUT2D eigenvalue weighted by molar-refractivity contribution is 5.98. The Bertz CT molecular complexity index is 1290. The van der Waals surface area contributed by atoms with Crippen molar-refractivity contribution in [2.75, 3.05) is 16.0 Å². The van der Waals surface area contributed by atoms with Crippen molar-refractivity contribution in [1.29, 1.82) is 0 Å². The first-order valence-corrected chi connectivity index (χ1v) is 9.72. The van der Waals surface area contributed by atoms with E-state index in [1.54, 1.807) is 31.3 Å². The van der Waals surface area contributed by atoms with E-state index in [0.717, 1.165) is 11.8 Å². The number of hydrogen-bond acceptors (Lipinski definition) is 8. The van der Waals surface area contributed by atoms with E-state index >= 15 is 0 Å². The van der Waals surface area contributed by atoms with Crippen LogP contribution in [0.25, 0.3) is 11.3 Å². The fraction of sp³-hybridized carbons (Fsp3) is 0.0909. The topological polar surface area (TPSA) is 114 Å². The minimum Gasteiger partial charge on any atom is -0.479 e. The monoisotopic (exact) mass is 432 g/mol. The van der Waals surface area contributed by atoms with Crippen LogP contribution >= 0.6 is 0 Å². The van der Waals surface area contributed by atoms with Gasteiger partial charge in [-0.3, -0.25) is 4.79 Å². The molecular weight excluding hydrogens is 415 g/mol. The predicted molar refractivity (Wildman–Crippen MR) is 116 cm³/mol. The van der Waals surface area contributed by atoms with Crippen LogP contribution in [-0.2, 0) is 4.79 Å². The van der Waals surface area contributed by atoms with Gasteiger partial charge in [-0.15, -0.1) is 0 Å². The summed E-state index contributed by atoms with van der Waals surface area (Å²) in [7, 11) is 0. The second kappa shape index (κ2) is 7.99. The smallest absolute Gasteiger partial charge is 0.265 e. The van der Waals surface area contributed by atoms with Gasteiger partial charge >= 0.3 is 0 Å². The third-order valence-corrected chi connectivity index (χ3v) is 4.75. The number of oxazole rings is 1. The summed E-state index contributed by atoms with van der Waals surface area (Å²) < 4.78 is 25.2. The second-order valence-corrected chi connectivity index (χ2v) is 7.05. The van der Waals surface area contributed by atoms with Crippen LogP contribution in [0.5, 0.6) is 5.75 Å². The molecule has 0 saturated heterocycles. The van der Waals surface area contributed by atoms with E-state index in [1.807, 2.05) is 24.3 Å². The average Bonchev–Trinajstić information content (AvgIpc) is 3.32. The highest BCUT2D eigenvalue weighted by atomic mass is 19.1. The Morgan fingerprint density at radius 1 is 1.09 bits per heavy atom. The van der Waals surface area contributed by atoms with Gasteiger partial charge in [-0.25, -0.2) is 14.4 Å². The van der Waals surface area contributed by atoms with E-state index in [1.165, 1.54) is 6.39 Å². The summed E-state index contributed by atoms with van der Waals surface area (Å²) in [6.07, 6.45) is 3.47. The fourth-order valence-electron chi connectivity index (χ4n) is 3.18. The Balaban J connectivity index is 1.36. The van der Waals surface area contributed by atoms with Gasteiger partial charge in [0.1, 0.15) is 5.75 Å². The largest absolute Gasteiger partial charge is 0.479 e. The van der Waals surface area contributed by atoms with Crippen molar-refractivity contribution in [3.05, 3.63) is 67.1 Å². The molecule has 32 heavy (non-hydrogen) atoms. The summed E-state index contributed by atoms with van der Waals surface area (Å²) in [4.78, 5) is 24.0. The van der Waals surface area contributed by atoms with Crippen LogP contribution in [0.15, 0.2) is 65.7 Å². The second-order valence-electron chi connectivity index (χ2n) is 7.05. The summed E-state index contributed by atoms with van der Waals surface area (Å²) >= 11 is 0. The first-order valence-electron chi connectivity index (χ1n) is 9.72. The number of benzene rings is 2. The Morgan fingerprint density at radius 2 is 1.97 bits per heavy atom. The lowest BCUT2D eigenvalue weighted by atomic mass is 10.1. The molecule has 0 spiro atoms. The lowest BCUT2D eigenvalue weighted by Gasteiger charge is -2.23. The molecule has 10 heteroatoms. The molecule has 160 valence electrons. The zero-order valence-electron chi connectivity index (χ0n) is 16.8. The lowest BCUT2D eigenvalue weighted by Crippen LogP contribution is -2.34. The first kappa shape index (κ1) is 19.5. The Morgan fingerprint density at radius 3 is 2.81 bits per heavy atom. The van der Waals surface area contributed by atoms with Crippen LogP contribution in [-0.4, -0.2) is 27.0 Å². The number of fused-ring (bicyclic) bond motifs is 1. The van der Waals surface area contributed by atoms with Crippen molar-refractivity contribution in [2.45, 2.75) is 13.0 Å². The van der Waals surface area contributed by atoms with Crippen molar-refractivity contribution in [3.8, 4) is 17.1 Å². The van der Waals surface area contributed by atoms with Gasteiger partial charge in [-0.1, -0.05) is 12.1 Å². The van der Waals surface area contributed by atoms with Gasteiger partial charge in [0.05, 0.1) is 18.1 Å². The van der Waals surface area contributed by atoms with E-state index in [2.05, 4.69) is 30.9 Å². The molecule has 5 rings (SSSR count). The van der Waals surface area contributed by atoms with Crippen molar-refractivity contribution in [1.82, 2.24) is 15.0 Å². The van der Waals surface area contributed by atoms with Crippen molar-refractivity contribution < 1.29 is 18.3 Å². The number of nitrogens with zero attached hydrogens (tertiary/aromatic N) is 3. The van der Waals surface area contributed by atoms with Crippen molar-refractivity contribution in [2.24, 2.45) is 0 Å². The summed E-state index contributed by atoms with van der Waals surface area (Å²) in [6.45, 7) is 1.66. The number of carbonyl (C=O) groups is 1. The molecule has 2 aromatic carbocycles. The van der Waals surface area contributed by atoms with Crippen molar-refractivity contribution in [3.63, 3.8) is 0 Å². The maximum absolute atomic E-state index is 14.4. The number of anilines is 5. The highest BCUT2D eigenvalue weighted by Crippen LogP contribution is 2.33. The molecule has 1 aliphatic heterocycles. The molecular formula is C22H17FN6O3. The van der Waals surface area contributed by atoms with E-state index in [4.69, 9.17) is 9.15 Å². The maximum Gasteiger partial charge on any atom is 0.265 e. The van der Waals surface area contributed by atoms with Gasteiger partial charge in [-0.2, -0.15) is 4.98 Å². The van der Waals surface area contributed by atoms with Crippen LogP contribution in [0.1, 0.15) is 6.92 Å². The molecule has 2 aromatic heterocycles. The number of aromatic nitrogens is 3. The molecule has 4 aromatic rings. The summed E-state index contributed by atoms with van der Waals surface area (Å²) in [6, 6.07) is 12.4. The van der Waals surface area contributed by atoms with Gasteiger partial charge in [-0.05, 0) is 37.3 Å². The standard InChI is InChI=1S/C22H17FN6O3/c1-12-21(30)28-17-8-15(5-6-18(17)32-12)26-20-16(23)9-25-22(29-20)27-14-4-2-3-13(7-14)19-10-24-11-31-19/h2-12H,1H3,(H,28,30)(H2,25,26,27,29). The molecule has 1 aliphatic rings. The van der Waals surface area contributed by atoms with Crippen LogP contribution in [0.2, 0.25) is 0 Å². The number of halogens is 1. The first-order chi connectivity index (χ1) is 15.5. The van der Waals surface area contributed by atoms with Gasteiger partial charge in [0.2, 0.25) is 5.95 Å². The van der Waals surface area contributed by atoms with E-state index in [0.29, 0.717) is 28.6 Å². The zero-order valence-corrected chi connectivity index (χ0v) is 16.8. The van der Waals surface area contributed by atoms with Gasteiger partial charge in [0.25, 0.3) is 5.91 Å². The Hall–Kier alpha value is -4.47. The molecule has 3 heterocycles. The summed E-state index contributed by atoms with van der Waals surface area (Å²) in [5.41, 5.74) is 2.54. The molecule has 0 aliphatic carbocycles. The van der Waals surface area contributed by atoms with Crippen LogP contribution in [0, 0.1) is 5.82 Å². The molecule has 1 amide bonds. The van der Waals surface area contributed by atoms with E-state index in [-0.39, 0.29) is 17.7 Å². The van der Waals surface area contributed by atoms with Gasteiger partial charge < -0.3 is 25.1 Å². The fourth-order valence-corrected chi connectivity index (χ4v) is 3.18. The molecule has 0 bridgehead atoms. The number of nitrogens with one attached hydrogen (secondary N) is 3. The minimum atomic E-state index is -0.627. The van der Waals surface area contributed by atoms with Gasteiger partial charge in [0, 0.05) is 16.9 Å². The van der Waals surface area contributed by atoms with Crippen LogP contribution in [0.4, 0.5) is 33.2 Å². The number of rotatable bonds is 5.